The van der Waals surface area contributed by atoms with Gasteiger partial charge in [-0.05, 0) is 30.2 Å². The van der Waals surface area contributed by atoms with Crippen molar-refractivity contribution in [3.05, 3.63) is 35.6 Å². The van der Waals surface area contributed by atoms with E-state index < -0.39 is 0 Å². The second kappa shape index (κ2) is 8.22. The van der Waals surface area contributed by atoms with E-state index in [1.54, 1.807) is 12.1 Å². The van der Waals surface area contributed by atoms with E-state index in [1.807, 2.05) is 7.05 Å². The zero-order valence-electron chi connectivity index (χ0n) is 12.5. The van der Waals surface area contributed by atoms with Crippen molar-refractivity contribution in [1.82, 2.24) is 10.6 Å². The van der Waals surface area contributed by atoms with Gasteiger partial charge >= 0.3 is 0 Å². The van der Waals surface area contributed by atoms with Crippen LogP contribution in [0.5, 0.6) is 0 Å². The van der Waals surface area contributed by atoms with E-state index in [0.29, 0.717) is 13.0 Å². The molecular weight excluding hydrogens is 279 g/mol. The minimum absolute atomic E-state index is 0. The Bertz CT molecular complexity index is 415. The molecule has 0 saturated carbocycles. The van der Waals surface area contributed by atoms with Crippen molar-refractivity contribution in [1.29, 1.82) is 0 Å². The Morgan fingerprint density at radius 3 is 2.25 bits per heavy atom. The fraction of sp³-hybridized carbons (Fsp3) is 0.533. The first kappa shape index (κ1) is 18.9. The van der Waals surface area contributed by atoms with Gasteiger partial charge in [-0.1, -0.05) is 32.9 Å². The van der Waals surface area contributed by atoms with Crippen LogP contribution in [0.2, 0.25) is 0 Å². The molecule has 1 aromatic rings. The van der Waals surface area contributed by atoms with E-state index in [1.165, 1.54) is 12.1 Å². The highest BCUT2D eigenvalue weighted by Crippen LogP contribution is 2.32. The first-order chi connectivity index (χ1) is 8.84. The molecule has 0 fully saturated rings. The highest BCUT2D eigenvalue weighted by atomic mass is 35.5. The Kier molecular flexibility index (Phi) is 7.76. The van der Waals surface area contributed by atoms with Crippen LogP contribution in [0, 0.1) is 11.2 Å². The summed E-state index contributed by atoms with van der Waals surface area (Å²) in [6.45, 7) is 6.81. The molecule has 0 aromatic heterocycles. The number of carbonyl (C=O) groups excluding carboxylic acids is 1. The van der Waals surface area contributed by atoms with Crippen LogP contribution in [0.25, 0.3) is 0 Å². The summed E-state index contributed by atoms with van der Waals surface area (Å²) in [5.41, 5.74) is 0.791. The number of carbonyl (C=O) groups is 1. The number of amides is 1. The molecule has 0 radical (unpaired) electrons. The molecule has 3 nitrogen and oxygen atoms in total. The molecule has 5 heteroatoms. The van der Waals surface area contributed by atoms with Crippen molar-refractivity contribution >= 4 is 18.3 Å². The molecule has 1 aromatic carbocycles. The third-order valence-corrected chi connectivity index (χ3v) is 2.98. The first-order valence-corrected chi connectivity index (χ1v) is 6.54. The standard InChI is InChI=1S/C15H23FN2O.ClH/c1-15(2,3)14(18-13(19)9-10-17-4)11-5-7-12(16)8-6-11;/h5-8,14,17H,9-10H2,1-4H3,(H,18,19);1H. The lowest BCUT2D eigenvalue weighted by atomic mass is 9.82. The molecule has 0 spiro atoms. The number of halogens is 2. The molecule has 1 amide bonds. The van der Waals surface area contributed by atoms with Gasteiger partial charge in [-0.2, -0.15) is 0 Å². The summed E-state index contributed by atoms with van der Waals surface area (Å²) in [7, 11) is 1.81. The quantitative estimate of drug-likeness (QED) is 0.878. The fourth-order valence-electron chi connectivity index (χ4n) is 1.93. The second-order valence-electron chi connectivity index (χ2n) is 5.77. The summed E-state index contributed by atoms with van der Waals surface area (Å²) in [6, 6.07) is 6.17. The minimum Gasteiger partial charge on any atom is -0.349 e. The number of hydrogen-bond acceptors (Lipinski definition) is 2. The Balaban J connectivity index is 0.00000361. The largest absolute Gasteiger partial charge is 0.349 e. The molecule has 114 valence electrons. The summed E-state index contributed by atoms with van der Waals surface area (Å²) < 4.78 is 13.0. The van der Waals surface area contributed by atoms with Crippen LogP contribution in [0.1, 0.15) is 38.8 Å². The smallest absolute Gasteiger partial charge is 0.221 e. The van der Waals surface area contributed by atoms with Crippen LogP contribution < -0.4 is 10.6 Å². The molecule has 1 rings (SSSR count). The van der Waals surface area contributed by atoms with Crippen LogP contribution in [-0.4, -0.2) is 19.5 Å². The van der Waals surface area contributed by atoms with Gasteiger partial charge in [-0.25, -0.2) is 4.39 Å². The summed E-state index contributed by atoms with van der Waals surface area (Å²) >= 11 is 0. The fourth-order valence-corrected chi connectivity index (χ4v) is 1.93. The molecule has 0 aliphatic rings. The Labute approximate surface area is 126 Å². The van der Waals surface area contributed by atoms with Gasteiger partial charge in [0.05, 0.1) is 6.04 Å². The van der Waals surface area contributed by atoms with Gasteiger partial charge < -0.3 is 10.6 Å². The van der Waals surface area contributed by atoms with Crippen LogP contribution in [0.15, 0.2) is 24.3 Å². The van der Waals surface area contributed by atoms with Crippen LogP contribution >= 0.6 is 12.4 Å². The lowest BCUT2D eigenvalue weighted by Gasteiger charge is -2.32. The summed E-state index contributed by atoms with van der Waals surface area (Å²) in [6.07, 6.45) is 0.435. The Morgan fingerprint density at radius 2 is 1.80 bits per heavy atom. The number of benzene rings is 1. The van der Waals surface area contributed by atoms with Crippen LogP contribution in [0.3, 0.4) is 0 Å². The van der Waals surface area contributed by atoms with Gasteiger partial charge in [-0.15, -0.1) is 12.4 Å². The van der Waals surface area contributed by atoms with Crippen molar-refractivity contribution < 1.29 is 9.18 Å². The maximum atomic E-state index is 13.0. The maximum Gasteiger partial charge on any atom is 0.221 e. The van der Waals surface area contributed by atoms with Gasteiger partial charge in [0.15, 0.2) is 0 Å². The molecule has 2 N–H and O–H groups in total. The van der Waals surface area contributed by atoms with E-state index in [4.69, 9.17) is 0 Å². The van der Waals surface area contributed by atoms with E-state index in [9.17, 15) is 9.18 Å². The van der Waals surface area contributed by atoms with Gasteiger partial charge in [0.1, 0.15) is 5.82 Å². The molecule has 0 heterocycles. The average Bonchev–Trinajstić information content (AvgIpc) is 2.33. The molecular formula is C15H24ClFN2O. The van der Waals surface area contributed by atoms with Gasteiger partial charge in [-0.3, -0.25) is 4.79 Å². The SMILES string of the molecule is CNCCC(=O)NC(c1ccc(F)cc1)C(C)(C)C.Cl. The molecule has 1 atom stereocenters. The average molecular weight is 303 g/mol. The lowest BCUT2D eigenvalue weighted by Crippen LogP contribution is -2.37. The lowest BCUT2D eigenvalue weighted by molar-refractivity contribution is -0.122. The van der Waals surface area contributed by atoms with Crippen molar-refractivity contribution in [2.45, 2.75) is 33.2 Å². The van der Waals surface area contributed by atoms with Gasteiger partial charge in [0, 0.05) is 13.0 Å². The molecule has 1 unspecified atom stereocenters. The summed E-state index contributed by atoms with van der Waals surface area (Å²) in [5.74, 6) is -0.267. The minimum atomic E-state index is -0.266. The van der Waals surface area contributed by atoms with Crippen molar-refractivity contribution in [2.24, 2.45) is 5.41 Å². The van der Waals surface area contributed by atoms with Gasteiger partial charge in [0.2, 0.25) is 5.91 Å². The second-order valence-corrected chi connectivity index (χ2v) is 5.77. The van der Waals surface area contributed by atoms with Crippen molar-refractivity contribution in [3.63, 3.8) is 0 Å². The monoisotopic (exact) mass is 302 g/mol. The van der Waals surface area contributed by atoms with Gasteiger partial charge in [0.25, 0.3) is 0 Å². The van der Waals surface area contributed by atoms with Crippen LogP contribution in [0.4, 0.5) is 4.39 Å². The zero-order valence-corrected chi connectivity index (χ0v) is 13.3. The maximum absolute atomic E-state index is 13.0. The predicted octanol–water partition coefficient (Wildman–Crippen LogP) is 3.06. The highest BCUT2D eigenvalue weighted by molar-refractivity contribution is 5.85. The molecule has 0 aliphatic carbocycles. The number of rotatable bonds is 5. The third kappa shape index (κ3) is 5.88. The highest BCUT2D eigenvalue weighted by Gasteiger charge is 2.27. The predicted molar refractivity (Wildman–Crippen MR) is 82.5 cm³/mol. The number of nitrogens with one attached hydrogen (secondary N) is 2. The summed E-state index contributed by atoms with van der Waals surface area (Å²) in [4.78, 5) is 11.9. The molecule has 0 aliphatic heterocycles. The normalized spacial score (nSPS) is 12.4. The van der Waals surface area contributed by atoms with E-state index >= 15 is 0 Å². The molecule has 0 saturated heterocycles. The summed E-state index contributed by atoms with van der Waals surface area (Å²) in [5, 5.41) is 5.97. The van der Waals surface area contributed by atoms with E-state index in [-0.39, 0.29) is 35.6 Å². The first-order valence-electron chi connectivity index (χ1n) is 6.54. The topological polar surface area (TPSA) is 41.1 Å². The van der Waals surface area contributed by atoms with E-state index in [0.717, 1.165) is 5.56 Å². The Morgan fingerprint density at radius 1 is 1.25 bits per heavy atom. The number of hydrogen-bond donors (Lipinski definition) is 2. The van der Waals surface area contributed by atoms with Crippen LogP contribution in [-0.2, 0) is 4.79 Å². The Hall–Kier alpha value is -1.13. The van der Waals surface area contributed by atoms with Crippen molar-refractivity contribution in [3.8, 4) is 0 Å². The van der Waals surface area contributed by atoms with E-state index in [2.05, 4.69) is 31.4 Å². The zero-order chi connectivity index (χ0) is 14.5. The molecule has 0 bridgehead atoms. The third-order valence-electron chi connectivity index (χ3n) is 2.98. The van der Waals surface area contributed by atoms with Crippen molar-refractivity contribution in [2.75, 3.05) is 13.6 Å². The molecule has 20 heavy (non-hydrogen) atoms.